The predicted molar refractivity (Wildman–Crippen MR) is 223 cm³/mol. The van der Waals surface area contributed by atoms with Crippen molar-refractivity contribution in [1.82, 2.24) is 20.0 Å². The average Bonchev–Trinajstić information content (AvgIpc) is 3.50. The van der Waals surface area contributed by atoms with Crippen LogP contribution in [-0.4, -0.2) is 128 Å². The molecule has 5 aliphatic rings. The summed E-state index contributed by atoms with van der Waals surface area (Å²) in [5.74, 6) is -2.57. The zero-order valence-electron chi connectivity index (χ0n) is 34.5. The first-order valence-electron chi connectivity index (χ1n) is 20.8. The number of ether oxygens (including phenoxy) is 1. The summed E-state index contributed by atoms with van der Waals surface area (Å²) in [4.78, 5) is 75.1. The van der Waals surface area contributed by atoms with Crippen molar-refractivity contribution < 1.29 is 37.5 Å². The molecule has 4 fully saturated rings. The fraction of sp³-hybridized carbons (Fsp3) is 0.455. The molecule has 3 aromatic carbocycles. The fourth-order valence-corrected chi connectivity index (χ4v) is 9.35. The number of amides is 6. The molecule has 3 atom stereocenters. The maximum atomic E-state index is 15.6. The molecule has 0 radical (unpaired) electrons. The normalized spacial score (nSPS) is 22.6. The smallest absolute Gasteiger partial charge is 0.322 e. The van der Waals surface area contributed by atoms with Gasteiger partial charge in [0.2, 0.25) is 11.8 Å². The Labute approximate surface area is 352 Å². The number of nitriles is 1. The zero-order valence-corrected chi connectivity index (χ0v) is 34.5. The van der Waals surface area contributed by atoms with Gasteiger partial charge < -0.3 is 29.7 Å². The standard InChI is InChI=1S/C44H49F2N9O6/c1-26-24-54(27(2)23-53(26)31-5-4-29(22-47)39(19-31)61-3)44(60)48-36-20-35(46)38(21-34(36)45)52-12-10-28(11-13-52)25-50-14-16-51(17-15-50)30-6-7-32-33(18-30)43(59)55(42(32)58)37-8-9-40(56)49-41(37)57/h4-7,18-21,26-28,37H,8-17,23-25H2,1-3H3,(H,48,60)(H,49,56,57)/t26-,27+,37-/m0/s1. The number of halogens is 2. The second kappa shape index (κ2) is 17.0. The molecule has 5 aliphatic heterocycles. The highest BCUT2D eigenvalue weighted by atomic mass is 19.1. The van der Waals surface area contributed by atoms with Crippen molar-refractivity contribution in [3.05, 3.63) is 76.9 Å². The third-order valence-electron chi connectivity index (χ3n) is 12.8. The van der Waals surface area contributed by atoms with E-state index >= 15 is 8.78 Å². The Morgan fingerprint density at radius 2 is 1.56 bits per heavy atom. The summed E-state index contributed by atoms with van der Waals surface area (Å²) in [7, 11) is 1.51. The minimum atomic E-state index is -1.01. The SMILES string of the molecule is COc1cc(N2C[C@@H](C)N(C(=O)Nc3cc(F)c(N4CCC(CN5CCN(c6ccc7c(c6)C(=O)N([C@H]6CCC(=O)NC6=O)C7=O)CC5)CC4)cc3F)C[C@@H]2C)ccc1C#N. The van der Waals surface area contributed by atoms with Crippen molar-refractivity contribution in [2.24, 2.45) is 5.92 Å². The number of benzene rings is 3. The van der Waals surface area contributed by atoms with Gasteiger partial charge >= 0.3 is 6.03 Å². The highest BCUT2D eigenvalue weighted by Crippen LogP contribution is 2.34. The fourth-order valence-electron chi connectivity index (χ4n) is 9.35. The first kappa shape index (κ1) is 41.5. The number of hydrogen-bond donors (Lipinski definition) is 2. The Hall–Kier alpha value is -6.28. The summed E-state index contributed by atoms with van der Waals surface area (Å²) in [5, 5.41) is 14.2. The first-order valence-corrected chi connectivity index (χ1v) is 20.8. The van der Waals surface area contributed by atoms with E-state index in [0.717, 1.165) is 54.8 Å². The molecule has 4 saturated heterocycles. The molecule has 0 saturated carbocycles. The number of nitrogens with one attached hydrogen (secondary N) is 2. The molecule has 61 heavy (non-hydrogen) atoms. The van der Waals surface area contributed by atoms with Gasteiger partial charge in [-0.3, -0.25) is 34.3 Å². The maximum absolute atomic E-state index is 15.6. The van der Waals surface area contributed by atoms with Gasteiger partial charge in [-0.1, -0.05) is 0 Å². The van der Waals surface area contributed by atoms with Crippen LogP contribution in [0.4, 0.5) is 36.3 Å². The summed E-state index contributed by atoms with van der Waals surface area (Å²) < 4.78 is 36.5. The van der Waals surface area contributed by atoms with Gasteiger partial charge in [-0.2, -0.15) is 5.26 Å². The van der Waals surface area contributed by atoms with Crippen LogP contribution >= 0.6 is 0 Å². The molecule has 0 spiro atoms. The number of anilines is 4. The maximum Gasteiger partial charge on any atom is 0.322 e. The van der Waals surface area contributed by atoms with Gasteiger partial charge in [-0.25, -0.2) is 13.6 Å². The van der Waals surface area contributed by atoms with Gasteiger partial charge in [0.1, 0.15) is 29.5 Å². The Morgan fingerprint density at radius 3 is 2.26 bits per heavy atom. The van der Waals surface area contributed by atoms with E-state index in [1.54, 1.807) is 29.2 Å². The second-order valence-electron chi connectivity index (χ2n) is 16.6. The quantitative estimate of drug-likeness (QED) is 0.309. The lowest BCUT2D eigenvalue weighted by Gasteiger charge is -2.45. The molecule has 0 unspecified atom stereocenters. The van der Waals surface area contributed by atoms with Crippen LogP contribution in [-0.2, 0) is 9.59 Å². The zero-order chi connectivity index (χ0) is 43.1. The minimum absolute atomic E-state index is 0.0637. The van der Waals surface area contributed by atoms with Gasteiger partial charge in [0.15, 0.2) is 0 Å². The van der Waals surface area contributed by atoms with Crippen LogP contribution in [0.1, 0.15) is 65.8 Å². The number of hydrogen-bond acceptors (Lipinski definition) is 11. The van der Waals surface area contributed by atoms with Crippen LogP contribution in [0.25, 0.3) is 0 Å². The van der Waals surface area contributed by atoms with E-state index in [0.29, 0.717) is 56.5 Å². The van der Waals surface area contributed by atoms with Crippen LogP contribution < -0.4 is 30.1 Å². The predicted octanol–water partition coefficient (Wildman–Crippen LogP) is 4.42. The minimum Gasteiger partial charge on any atom is -0.495 e. The number of carbonyl (C=O) groups is 5. The lowest BCUT2D eigenvalue weighted by atomic mass is 9.95. The lowest BCUT2D eigenvalue weighted by molar-refractivity contribution is -0.136. The Bertz CT molecular complexity index is 2300. The van der Waals surface area contributed by atoms with E-state index in [9.17, 15) is 29.2 Å². The number of piperidine rings is 2. The van der Waals surface area contributed by atoms with E-state index < -0.39 is 47.3 Å². The Kier molecular flexibility index (Phi) is 11.6. The molecule has 8 rings (SSSR count). The monoisotopic (exact) mass is 837 g/mol. The van der Waals surface area contributed by atoms with Gasteiger partial charge in [0.25, 0.3) is 11.8 Å². The lowest BCUT2D eigenvalue weighted by Crippen LogP contribution is -2.59. The molecule has 5 heterocycles. The summed E-state index contributed by atoms with van der Waals surface area (Å²) in [5.41, 5.74) is 2.58. The summed E-state index contributed by atoms with van der Waals surface area (Å²) >= 11 is 0. The molecule has 0 bridgehead atoms. The molecule has 3 aromatic rings. The van der Waals surface area contributed by atoms with Gasteiger partial charge in [0.05, 0.1) is 35.2 Å². The van der Waals surface area contributed by atoms with Crippen molar-refractivity contribution in [3.8, 4) is 11.8 Å². The van der Waals surface area contributed by atoms with Crippen molar-refractivity contribution in [1.29, 1.82) is 5.26 Å². The van der Waals surface area contributed by atoms with E-state index in [4.69, 9.17) is 4.74 Å². The van der Waals surface area contributed by atoms with Crippen LogP contribution in [0.2, 0.25) is 0 Å². The second-order valence-corrected chi connectivity index (χ2v) is 16.6. The van der Waals surface area contributed by atoms with Crippen LogP contribution in [0.3, 0.4) is 0 Å². The van der Waals surface area contributed by atoms with E-state index in [1.165, 1.54) is 13.2 Å². The Morgan fingerprint density at radius 1 is 0.836 bits per heavy atom. The van der Waals surface area contributed by atoms with E-state index in [1.807, 2.05) is 30.9 Å². The largest absolute Gasteiger partial charge is 0.495 e. The highest BCUT2D eigenvalue weighted by Gasteiger charge is 2.45. The van der Waals surface area contributed by atoms with Crippen LogP contribution in [0, 0.1) is 28.9 Å². The topological polar surface area (TPSA) is 162 Å². The number of carbonyl (C=O) groups excluding carboxylic acids is 5. The van der Waals surface area contributed by atoms with E-state index in [2.05, 4.69) is 31.4 Å². The number of methoxy groups -OCH3 is 1. The first-order chi connectivity index (χ1) is 29.3. The van der Waals surface area contributed by atoms with E-state index in [-0.39, 0.29) is 47.4 Å². The number of rotatable bonds is 8. The molecule has 2 N–H and O–H groups in total. The van der Waals surface area contributed by atoms with Gasteiger partial charge in [-0.05, 0) is 69.4 Å². The molecule has 0 aromatic heterocycles. The molecule has 6 amide bonds. The van der Waals surface area contributed by atoms with Gasteiger partial charge in [0, 0.05) is 107 Å². The van der Waals surface area contributed by atoms with Crippen molar-refractivity contribution in [2.75, 3.05) is 86.0 Å². The summed E-state index contributed by atoms with van der Waals surface area (Å²) in [6.45, 7) is 9.72. The highest BCUT2D eigenvalue weighted by molar-refractivity contribution is 6.23. The van der Waals surface area contributed by atoms with Gasteiger partial charge in [-0.15, -0.1) is 0 Å². The third kappa shape index (κ3) is 8.16. The molecule has 0 aliphatic carbocycles. The molecule has 15 nitrogen and oxygen atoms in total. The number of fused-ring (bicyclic) bond motifs is 1. The van der Waals surface area contributed by atoms with Crippen LogP contribution in [0.15, 0.2) is 48.5 Å². The van der Waals surface area contributed by atoms with Crippen molar-refractivity contribution >= 4 is 52.4 Å². The van der Waals surface area contributed by atoms with Crippen LogP contribution in [0.5, 0.6) is 5.75 Å². The molecule has 320 valence electrons. The number of urea groups is 1. The number of nitrogens with zero attached hydrogens (tertiary/aromatic N) is 7. The molecular weight excluding hydrogens is 789 g/mol. The average molecular weight is 838 g/mol. The number of imide groups is 2. The molecule has 17 heteroatoms. The van der Waals surface area contributed by atoms with Crippen molar-refractivity contribution in [3.63, 3.8) is 0 Å². The molecular formula is C44H49F2N9O6. The van der Waals surface area contributed by atoms with Crippen molar-refractivity contribution in [2.45, 2.75) is 57.7 Å². The summed E-state index contributed by atoms with van der Waals surface area (Å²) in [6.07, 6.45) is 1.78. The number of piperazine rings is 2. The third-order valence-corrected chi connectivity index (χ3v) is 12.8. The Balaban J connectivity index is 0.808. The summed E-state index contributed by atoms with van der Waals surface area (Å²) in [6, 6.07) is 13.0.